The maximum absolute atomic E-state index is 13.0. The Kier molecular flexibility index (Phi) is 6.72. The molecule has 0 aliphatic carbocycles. The SMILES string of the molecule is Cc1cc(C)c(NC(=O)CN(C)C(=O)CC(C)c2ccc(F)cc2)c(C)c1. The molecule has 0 fully saturated rings. The number of amides is 2. The van der Waals surface area contributed by atoms with Crippen molar-refractivity contribution in [3.05, 3.63) is 64.5 Å². The minimum atomic E-state index is -0.298. The van der Waals surface area contributed by atoms with Gasteiger partial charge in [-0.25, -0.2) is 4.39 Å². The van der Waals surface area contributed by atoms with Crippen LogP contribution >= 0.6 is 0 Å². The van der Waals surface area contributed by atoms with Crippen LogP contribution in [0.1, 0.15) is 41.5 Å². The fourth-order valence-corrected chi connectivity index (χ4v) is 3.19. The first-order chi connectivity index (χ1) is 12.7. The zero-order valence-electron chi connectivity index (χ0n) is 16.6. The first-order valence-electron chi connectivity index (χ1n) is 9.04. The summed E-state index contributed by atoms with van der Waals surface area (Å²) in [6.45, 7) is 7.82. The quantitative estimate of drug-likeness (QED) is 0.822. The summed E-state index contributed by atoms with van der Waals surface area (Å²) in [5.41, 5.74) is 4.84. The van der Waals surface area contributed by atoms with E-state index in [2.05, 4.69) is 5.32 Å². The van der Waals surface area contributed by atoms with Gasteiger partial charge in [-0.3, -0.25) is 9.59 Å². The zero-order chi connectivity index (χ0) is 20.1. The van der Waals surface area contributed by atoms with E-state index in [4.69, 9.17) is 0 Å². The van der Waals surface area contributed by atoms with Gasteiger partial charge in [0, 0.05) is 19.2 Å². The highest BCUT2D eigenvalue weighted by molar-refractivity contribution is 5.95. The lowest BCUT2D eigenvalue weighted by atomic mass is 9.97. The molecule has 0 bridgehead atoms. The molecule has 144 valence electrons. The molecule has 0 heterocycles. The number of nitrogens with one attached hydrogen (secondary N) is 1. The summed E-state index contributed by atoms with van der Waals surface area (Å²) in [7, 11) is 1.62. The molecular formula is C22H27FN2O2. The number of carbonyl (C=O) groups is 2. The van der Waals surface area contributed by atoms with Gasteiger partial charge < -0.3 is 10.2 Å². The first kappa shape index (κ1) is 20.6. The first-order valence-corrected chi connectivity index (χ1v) is 9.04. The molecular weight excluding hydrogens is 343 g/mol. The highest BCUT2D eigenvalue weighted by atomic mass is 19.1. The Morgan fingerprint density at radius 1 is 1.07 bits per heavy atom. The smallest absolute Gasteiger partial charge is 0.243 e. The van der Waals surface area contributed by atoms with E-state index in [0.717, 1.165) is 27.9 Å². The Morgan fingerprint density at radius 2 is 1.63 bits per heavy atom. The van der Waals surface area contributed by atoms with Crippen LogP contribution in [0.3, 0.4) is 0 Å². The number of likely N-dealkylation sites (N-methyl/N-ethyl adjacent to an activating group) is 1. The third-order valence-corrected chi connectivity index (χ3v) is 4.67. The van der Waals surface area contributed by atoms with Crippen molar-refractivity contribution in [1.29, 1.82) is 0 Å². The van der Waals surface area contributed by atoms with Crippen LogP contribution in [-0.2, 0) is 9.59 Å². The molecule has 0 saturated heterocycles. The van der Waals surface area contributed by atoms with Crippen LogP contribution in [0.2, 0.25) is 0 Å². The second-order valence-electron chi connectivity index (χ2n) is 7.23. The Morgan fingerprint density at radius 3 is 2.19 bits per heavy atom. The van der Waals surface area contributed by atoms with E-state index in [1.165, 1.54) is 17.0 Å². The molecule has 2 rings (SSSR count). The van der Waals surface area contributed by atoms with Crippen LogP contribution in [0.15, 0.2) is 36.4 Å². The van der Waals surface area contributed by atoms with Crippen molar-refractivity contribution in [2.45, 2.75) is 40.0 Å². The van der Waals surface area contributed by atoms with E-state index in [-0.39, 0.29) is 36.5 Å². The third-order valence-electron chi connectivity index (χ3n) is 4.67. The number of nitrogens with zero attached hydrogens (tertiary/aromatic N) is 1. The van der Waals surface area contributed by atoms with E-state index >= 15 is 0 Å². The summed E-state index contributed by atoms with van der Waals surface area (Å²) in [5.74, 6) is -0.701. The molecule has 2 amide bonds. The average Bonchev–Trinajstić information content (AvgIpc) is 2.58. The highest BCUT2D eigenvalue weighted by Gasteiger charge is 2.18. The Bertz CT molecular complexity index is 808. The average molecular weight is 370 g/mol. The fourth-order valence-electron chi connectivity index (χ4n) is 3.19. The molecule has 1 unspecified atom stereocenters. The lowest BCUT2D eigenvalue weighted by Gasteiger charge is -2.20. The lowest BCUT2D eigenvalue weighted by molar-refractivity contribution is -0.133. The summed E-state index contributed by atoms with van der Waals surface area (Å²) in [6, 6.07) is 10.2. The van der Waals surface area contributed by atoms with Gasteiger partial charge in [0.25, 0.3) is 0 Å². The molecule has 5 heteroatoms. The van der Waals surface area contributed by atoms with Crippen molar-refractivity contribution in [2.75, 3.05) is 18.9 Å². The standard InChI is InChI=1S/C22H27FN2O2/c1-14-10-16(3)22(17(4)11-14)24-20(26)13-25(5)21(27)12-15(2)18-6-8-19(23)9-7-18/h6-11,15H,12-13H2,1-5H3,(H,24,26). The van der Waals surface area contributed by atoms with Gasteiger partial charge in [0.1, 0.15) is 5.82 Å². The van der Waals surface area contributed by atoms with Crippen molar-refractivity contribution in [3.8, 4) is 0 Å². The Labute approximate surface area is 160 Å². The van der Waals surface area contributed by atoms with E-state index in [1.807, 2.05) is 39.8 Å². The second-order valence-corrected chi connectivity index (χ2v) is 7.23. The molecule has 4 nitrogen and oxygen atoms in total. The van der Waals surface area contributed by atoms with Crippen LogP contribution in [-0.4, -0.2) is 30.3 Å². The predicted octanol–water partition coefficient (Wildman–Crippen LogP) is 4.34. The van der Waals surface area contributed by atoms with E-state index < -0.39 is 0 Å². The molecule has 0 radical (unpaired) electrons. The maximum Gasteiger partial charge on any atom is 0.243 e. The van der Waals surface area contributed by atoms with Gasteiger partial charge in [0.2, 0.25) is 11.8 Å². The van der Waals surface area contributed by atoms with Crippen molar-refractivity contribution in [1.82, 2.24) is 4.90 Å². The fraction of sp³-hybridized carbons (Fsp3) is 0.364. The summed E-state index contributed by atoms with van der Waals surface area (Å²) in [4.78, 5) is 26.2. The number of carbonyl (C=O) groups excluding carboxylic acids is 2. The largest absolute Gasteiger partial charge is 0.336 e. The van der Waals surface area contributed by atoms with Crippen LogP contribution in [0.4, 0.5) is 10.1 Å². The number of hydrogen-bond donors (Lipinski definition) is 1. The number of halogens is 1. The molecule has 0 aliphatic rings. The third kappa shape index (κ3) is 5.64. The summed E-state index contributed by atoms with van der Waals surface area (Å²) < 4.78 is 13.0. The molecule has 2 aromatic rings. The van der Waals surface area contributed by atoms with E-state index in [0.29, 0.717) is 0 Å². The predicted molar refractivity (Wildman–Crippen MR) is 106 cm³/mol. The number of anilines is 1. The topological polar surface area (TPSA) is 49.4 Å². The van der Waals surface area contributed by atoms with Crippen molar-refractivity contribution in [2.24, 2.45) is 0 Å². The number of benzene rings is 2. The second kappa shape index (κ2) is 8.80. The highest BCUT2D eigenvalue weighted by Crippen LogP contribution is 2.22. The van der Waals surface area contributed by atoms with Crippen molar-refractivity contribution in [3.63, 3.8) is 0 Å². The van der Waals surface area contributed by atoms with Crippen LogP contribution in [0, 0.1) is 26.6 Å². The Hall–Kier alpha value is -2.69. The van der Waals surface area contributed by atoms with E-state index in [9.17, 15) is 14.0 Å². The van der Waals surface area contributed by atoms with Crippen LogP contribution in [0.25, 0.3) is 0 Å². The minimum absolute atomic E-state index is 0.0122. The van der Waals surface area contributed by atoms with Crippen LogP contribution < -0.4 is 5.32 Å². The molecule has 2 aromatic carbocycles. The van der Waals surface area contributed by atoms with Gasteiger partial charge in [0.15, 0.2) is 0 Å². The molecule has 0 saturated carbocycles. The van der Waals surface area contributed by atoms with Gasteiger partial charge >= 0.3 is 0 Å². The van der Waals surface area contributed by atoms with Crippen molar-refractivity contribution < 1.29 is 14.0 Å². The van der Waals surface area contributed by atoms with Gasteiger partial charge in [-0.05, 0) is 55.5 Å². The molecule has 0 aromatic heterocycles. The lowest BCUT2D eigenvalue weighted by Crippen LogP contribution is -2.35. The van der Waals surface area contributed by atoms with Gasteiger partial charge in [-0.2, -0.15) is 0 Å². The van der Waals surface area contributed by atoms with Gasteiger partial charge in [0.05, 0.1) is 6.54 Å². The normalized spacial score (nSPS) is 11.8. The van der Waals surface area contributed by atoms with Gasteiger partial charge in [-0.15, -0.1) is 0 Å². The zero-order valence-corrected chi connectivity index (χ0v) is 16.6. The molecule has 1 atom stereocenters. The maximum atomic E-state index is 13.0. The molecule has 1 N–H and O–H groups in total. The summed E-state index contributed by atoms with van der Waals surface area (Å²) in [5, 5.41) is 2.91. The number of aryl methyl sites for hydroxylation is 3. The molecule has 27 heavy (non-hydrogen) atoms. The Balaban J connectivity index is 1.93. The summed E-state index contributed by atoms with van der Waals surface area (Å²) in [6.07, 6.45) is 0.262. The monoisotopic (exact) mass is 370 g/mol. The summed E-state index contributed by atoms with van der Waals surface area (Å²) >= 11 is 0. The van der Waals surface area contributed by atoms with Crippen LogP contribution in [0.5, 0.6) is 0 Å². The van der Waals surface area contributed by atoms with E-state index in [1.54, 1.807) is 19.2 Å². The number of hydrogen-bond acceptors (Lipinski definition) is 2. The molecule has 0 spiro atoms. The van der Waals surface area contributed by atoms with Crippen molar-refractivity contribution >= 4 is 17.5 Å². The minimum Gasteiger partial charge on any atom is -0.336 e. The molecule has 0 aliphatic heterocycles. The number of rotatable bonds is 6. The van der Waals surface area contributed by atoms with Gasteiger partial charge in [-0.1, -0.05) is 36.8 Å².